The molecular formula is C11H17N3O2S. The molecule has 1 fully saturated rings. The van der Waals surface area contributed by atoms with Crippen molar-refractivity contribution in [2.75, 3.05) is 25.5 Å². The molecule has 1 aliphatic rings. The van der Waals surface area contributed by atoms with Crippen molar-refractivity contribution in [2.24, 2.45) is 0 Å². The van der Waals surface area contributed by atoms with E-state index in [2.05, 4.69) is 22.2 Å². The number of rotatable bonds is 4. The van der Waals surface area contributed by atoms with Gasteiger partial charge in [-0.25, -0.2) is 9.78 Å². The zero-order valence-electron chi connectivity index (χ0n) is 9.85. The van der Waals surface area contributed by atoms with Gasteiger partial charge < -0.3 is 15.3 Å². The maximum atomic E-state index is 10.7. The predicted octanol–water partition coefficient (Wildman–Crippen LogP) is 1.74. The van der Waals surface area contributed by atoms with E-state index in [1.165, 1.54) is 30.6 Å². The van der Waals surface area contributed by atoms with E-state index < -0.39 is 5.97 Å². The number of aromatic carboxylic acids is 1. The molecule has 6 heteroatoms. The number of likely N-dealkylation sites (N-methyl/N-ethyl adjacent to an activating group) is 1. The van der Waals surface area contributed by atoms with Gasteiger partial charge in [-0.2, -0.15) is 0 Å². The van der Waals surface area contributed by atoms with Gasteiger partial charge in [0.15, 0.2) is 10.8 Å². The van der Waals surface area contributed by atoms with Crippen LogP contribution >= 0.6 is 11.3 Å². The summed E-state index contributed by atoms with van der Waals surface area (Å²) in [6.45, 7) is 1.98. The standard InChI is InChI=1S/C11H17N3O2S/c1-14-5-3-2-4-8(14)6-12-11-13-9(7-17-11)10(15)16/h7-8H,2-6H2,1H3,(H,12,13)(H,15,16). The Kier molecular flexibility index (Phi) is 3.96. The molecule has 1 saturated heterocycles. The molecule has 2 N–H and O–H groups in total. The zero-order chi connectivity index (χ0) is 12.3. The molecule has 0 bridgehead atoms. The van der Waals surface area contributed by atoms with Gasteiger partial charge in [0.05, 0.1) is 0 Å². The molecule has 1 aromatic rings. The number of hydrogen-bond acceptors (Lipinski definition) is 5. The number of anilines is 1. The van der Waals surface area contributed by atoms with Crippen LogP contribution in [0.2, 0.25) is 0 Å². The van der Waals surface area contributed by atoms with Crippen LogP contribution in [0.1, 0.15) is 29.8 Å². The fourth-order valence-corrected chi connectivity index (χ4v) is 2.75. The SMILES string of the molecule is CN1CCCCC1CNc1nc(C(=O)O)cs1. The first-order chi connectivity index (χ1) is 8.16. The summed E-state index contributed by atoms with van der Waals surface area (Å²) in [5, 5.41) is 14.2. The Labute approximate surface area is 104 Å². The Morgan fingerprint density at radius 3 is 3.18 bits per heavy atom. The Bertz CT molecular complexity index is 394. The van der Waals surface area contributed by atoms with Gasteiger partial charge in [0.2, 0.25) is 0 Å². The number of carbonyl (C=O) groups is 1. The average Bonchev–Trinajstić information content (AvgIpc) is 2.77. The van der Waals surface area contributed by atoms with Crippen LogP contribution in [0.5, 0.6) is 0 Å². The van der Waals surface area contributed by atoms with E-state index in [4.69, 9.17) is 5.11 Å². The maximum Gasteiger partial charge on any atom is 0.355 e. The highest BCUT2D eigenvalue weighted by Gasteiger charge is 2.19. The third-order valence-corrected chi connectivity index (χ3v) is 3.93. The number of nitrogens with zero attached hydrogens (tertiary/aromatic N) is 2. The Morgan fingerprint density at radius 1 is 1.71 bits per heavy atom. The van der Waals surface area contributed by atoms with Gasteiger partial charge in [-0.15, -0.1) is 11.3 Å². The second-order valence-corrected chi connectivity index (χ2v) is 5.21. The van der Waals surface area contributed by atoms with Gasteiger partial charge in [0, 0.05) is 18.0 Å². The molecule has 0 amide bonds. The van der Waals surface area contributed by atoms with Crippen LogP contribution < -0.4 is 5.32 Å². The largest absolute Gasteiger partial charge is 0.476 e. The second-order valence-electron chi connectivity index (χ2n) is 4.35. The van der Waals surface area contributed by atoms with Crippen LogP contribution in [0.25, 0.3) is 0 Å². The zero-order valence-corrected chi connectivity index (χ0v) is 10.7. The molecule has 1 unspecified atom stereocenters. The first-order valence-electron chi connectivity index (χ1n) is 5.80. The molecule has 0 radical (unpaired) electrons. The van der Waals surface area contributed by atoms with Crippen molar-refractivity contribution < 1.29 is 9.90 Å². The molecule has 0 spiro atoms. The average molecular weight is 255 g/mol. The monoisotopic (exact) mass is 255 g/mol. The smallest absolute Gasteiger partial charge is 0.355 e. The number of hydrogen-bond donors (Lipinski definition) is 2. The van der Waals surface area contributed by atoms with Crippen molar-refractivity contribution in [3.05, 3.63) is 11.1 Å². The highest BCUT2D eigenvalue weighted by atomic mass is 32.1. The summed E-state index contributed by atoms with van der Waals surface area (Å²) in [7, 11) is 2.13. The van der Waals surface area contributed by atoms with Crippen molar-refractivity contribution in [1.82, 2.24) is 9.88 Å². The molecule has 1 aromatic heterocycles. The molecule has 1 atom stereocenters. The number of carboxylic acid groups (broad SMARTS) is 1. The summed E-state index contributed by atoms with van der Waals surface area (Å²) >= 11 is 1.35. The lowest BCUT2D eigenvalue weighted by atomic mass is 10.0. The van der Waals surface area contributed by atoms with Crippen molar-refractivity contribution in [3.8, 4) is 0 Å². The van der Waals surface area contributed by atoms with E-state index in [0.29, 0.717) is 11.2 Å². The van der Waals surface area contributed by atoms with Crippen molar-refractivity contribution in [1.29, 1.82) is 0 Å². The number of aromatic nitrogens is 1. The van der Waals surface area contributed by atoms with Gasteiger partial charge in [-0.1, -0.05) is 6.42 Å². The van der Waals surface area contributed by atoms with Crippen LogP contribution in [0, 0.1) is 0 Å². The number of thiazole rings is 1. The van der Waals surface area contributed by atoms with Crippen molar-refractivity contribution in [2.45, 2.75) is 25.3 Å². The van der Waals surface area contributed by atoms with Crippen molar-refractivity contribution >= 4 is 22.4 Å². The quantitative estimate of drug-likeness (QED) is 0.858. The molecule has 0 aliphatic carbocycles. The Hall–Kier alpha value is -1.14. The van der Waals surface area contributed by atoms with Crippen LogP contribution in [-0.4, -0.2) is 47.1 Å². The Morgan fingerprint density at radius 2 is 2.53 bits per heavy atom. The van der Waals surface area contributed by atoms with E-state index in [1.807, 2.05) is 0 Å². The first kappa shape index (κ1) is 12.3. The molecule has 1 aliphatic heterocycles. The lowest BCUT2D eigenvalue weighted by molar-refractivity contribution is 0.0691. The van der Waals surface area contributed by atoms with Gasteiger partial charge >= 0.3 is 5.97 Å². The van der Waals surface area contributed by atoms with E-state index >= 15 is 0 Å². The first-order valence-corrected chi connectivity index (χ1v) is 6.67. The van der Waals surface area contributed by atoms with Crippen LogP contribution in [0.3, 0.4) is 0 Å². The minimum Gasteiger partial charge on any atom is -0.476 e. The summed E-state index contributed by atoms with van der Waals surface area (Å²) < 4.78 is 0. The highest BCUT2D eigenvalue weighted by Crippen LogP contribution is 2.18. The summed E-state index contributed by atoms with van der Waals surface area (Å²) in [6, 6.07) is 0.529. The number of carboxylic acids is 1. The normalized spacial score (nSPS) is 21.4. The topological polar surface area (TPSA) is 65.5 Å². The third kappa shape index (κ3) is 3.17. The van der Waals surface area contributed by atoms with Crippen LogP contribution in [0.4, 0.5) is 5.13 Å². The van der Waals surface area contributed by atoms with Crippen LogP contribution in [-0.2, 0) is 0 Å². The minimum absolute atomic E-state index is 0.120. The maximum absolute atomic E-state index is 10.7. The summed E-state index contributed by atoms with van der Waals surface area (Å²) in [6.07, 6.45) is 3.74. The van der Waals surface area contributed by atoms with Gasteiger partial charge in [0.25, 0.3) is 0 Å². The van der Waals surface area contributed by atoms with E-state index in [1.54, 1.807) is 5.38 Å². The fourth-order valence-electron chi connectivity index (χ4n) is 2.06. The fraction of sp³-hybridized carbons (Fsp3) is 0.636. The van der Waals surface area contributed by atoms with E-state index in [0.717, 1.165) is 13.1 Å². The number of piperidine rings is 1. The molecule has 2 heterocycles. The number of likely N-dealkylation sites (tertiary alicyclic amines) is 1. The van der Waals surface area contributed by atoms with Gasteiger partial charge in [0.1, 0.15) is 0 Å². The minimum atomic E-state index is -0.968. The van der Waals surface area contributed by atoms with Crippen LogP contribution in [0.15, 0.2) is 5.38 Å². The van der Waals surface area contributed by atoms with Gasteiger partial charge in [-0.05, 0) is 26.4 Å². The molecule has 5 nitrogen and oxygen atoms in total. The number of nitrogens with one attached hydrogen (secondary N) is 1. The molecule has 0 saturated carbocycles. The lowest BCUT2D eigenvalue weighted by Crippen LogP contribution is -2.40. The van der Waals surface area contributed by atoms with E-state index in [9.17, 15) is 4.79 Å². The predicted molar refractivity (Wildman–Crippen MR) is 67.8 cm³/mol. The molecule has 2 rings (SSSR count). The van der Waals surface area contributed by atoms with Crippen molar-refractivity contribution in [3.63, 3.8) is 0 Å². The Balaban J connectivity index is 1.86. The molecule has 94 valence electrons. The molecule has 17 heavy (non-hydrogen) atoms. The highest BCUT2D eigenvalue weighted by molar-refractivity contribution is 7.13. The summed E-state index contributed by atoms with van der Waals surface area (Å²) in [5.41, 5.74) is 0.120. The lowest BCUT2D eigenvalue weighted by Gasteiger charge is -2.32. The summed E-state index contributed by atoms with van der Waals surface area (Å²) in [5.74, 6) is -0.968. The molecule has 0 aromatic carbocycles. The molecular weight excluding hydrogens is 238 g/mol. The van der Waals surface area contributed by atoms with Gasteiger partial charge in [-0.3, -0.25) is 0 Å². The second kappa shape index (κ2) is 5.46. The van der Waals surface area contributed by atoms with E-state index in [-0.39, 0.29) is 5.69 Å². The third-order valence-electron chi connectivity index (χ3n) is 3.13. The summed E-state index contributed by atoms with van der Waals surface area (Å²) in [4.78, 5) is 17.0.